The van der Waals surface area contributed by atoms with E-state index >= 15 is 0 Å². The molecule has 8 heteroatoms. The van der Waals surface area contributed by atoms with E-state index in [1.165, 1.54) is 22.4 Å². The molecule has 0 bridgehead atoms. The Morgan fingerprint density at radius 1 is 1.12 bits per heavy atom. The van der Waals surface area contributed by atoms with Gasteiger partial charge in [0.05, 0.1) is 11.4 Å². The molecular formula is C24H24BrFN4O2. The first kappa shape index (κ1) is 22.2. The number of carbonyl (C=O) groups is 1. The molecule has 1 fully saturated rings. The van der Waals surface area contributed by atoms with E-state index in [9.17, 15) is 14.0 Å². The maximum Gasteiger partial charge on any atom is 0.271 e. The molecular weight excluding hydrogens is 475 g/mol. The molecule has 0 spiro atoms. The summed E-state index contributed by atoms with van der Waals surface area (Å²) in [6.07, 6.45) is 2.17. The molecule has 0 radical (unpaired) electrons. The lowest BCUT2D eigenvalue weighted by molar-refractivity contribution is -0.120. The number of piperidine rings is 1. The Morgan fingerprint density at radius 3 is 2.50 bits per heavy atom. The van der Waals surface area contributed by atoms with Crippen molar-refractivity contribution >= 4 is 33.3 Å². The van der Waals surface area contributed by atoms with Gasteiger partial charge in [-0.15, -0.1) is 5.10 Å². The van der Waals surface area contributed by atoms with E-state index in [2.05, 4.69) is 38.2 Å². The molecule has 4 rings (SSSR count). The Bertz CT molecular complexity index is 1170. The molecule has 0 aliphatic carbocycles. The van der Waals surface area contributed by atoms with Gasteiger partial charge < -0.3 is 10.2 Å². The van der Waals surface area contributed by atoms with Crippen molar-refractivity contribution in [3.63, 3.8) is 0 Å². The van der Waals surface area contributed by atoms with Crippen LogP contribution in [0.2, 0.25) is 0 Å². The Morgan fingerprint density at radius 2 is 1.84 bits per heavy atom. The molecule has 166 valence electrons. The zero-order valence-electron chi connectivity index (χ0n) is 17.7. The molecule has 2 aromatic carbocycles. The molecule has 1 aliphatic rings. The van der Waals surface area contributed by atoms with E-state index in [1.807, 2.05) is 24.3 Å². The highest BCUT2D eigenvalue weighted by Gasteiger charge is 2.26. The number of nitrogens with zero attached hydrogens (tertiary/aromatic N) is 3. The molecule has 6 nitrogen and oxygen atoms in total. The number of nitrogens with one attached hydrogen (secondary N) is 1. The number of aromatic nitrogens is 2. The normalized spacial score (nSPS) is 14.4. The van der Waals surface area contributed by atoms with Crippen molar-refractivity contribution in [3.05, 3.63) is 80.8 Å². The average Bonchev–Trinajstić information content (AvgIpc) is 2.81. The molecule has 1 aromatic heterocycles. The highest BCUT2D eigenvalue weighted by Crippen LogP contribution is 2.25. The zero-order chi connectivity index (χ0) is 22.7. The van der Waals surface area contributed by atoms with E-state index < -0.39 is 5.82 Å². The summed E-state index contributed by atoms with van der Waals surface area (Å²) >= 11 is 3.21. The van der Waals surface area contributed by atoms with Crippen molar-refractivity contribution in [2.45, 2.75) is 26.2 Å². The smallest absolute Gasteiger partial charge is 0.271 e. The molecule has 1 N–H and O–H groups in total. The fraction of sp³-hybridized carbons (Fsp3) is 0.292. The molecule has 32 heavy (non-hydrogen) atoms. The van der Waals surface area contributed by atoms with Crippen LogP contribution in [0.15, 0.2) is 63.9 Å². The summed E-state index contributed by atoms with van der Waals surface area (Å²) in [6.45, 7) is 3.33. The first-order valence-corrected chi connectivity index (χ1v) is 11.4. The molecule has 1 saturated heterocycles. The van der Waals surface area contributed by atoms with Gasteiger partial charge in [-0.05, 0) is 61.2 Å². The lowest BCUT2D eigenvalue weighted by atomic mass is 9.96. The van der Waals surface area contributed by atoms with Gasteiger partial charge in [-0.1, -0.05) is 35.0 Å². The Balaban J connectivity index is 1.42. The number of benzene rings is 2. The maximum atomic E-state index is 14.0. The van der Waals surface area contributed by atoms with Crippen LogP contribution in [0.4, 0.5) is 15.9 Å². The van der Waals surface area contributed by atoms with Gasteiger partial charge in [0.1, 0.15) is 11.6 Å². The number of anilines is 2. The topological polar surface area (TPSA) is 67.2 Å². The Kier molecular flexibility index (Phi) is 6.69. The van der Waals surface area contributed by atoms with E-state index in [4.69, 9.17) is 0 Å². The molecule has 0 saturated carbocycles. The largest absolute Gasteiger partial charge is 0.355 e. The number of carbonyl (C=O) groups excluding carboxylic acids is 1. The standard InChI is InChI=1S/C24H24BrFN4O2/c1-2-16-3-6-19(7-4-16)30-23(31)10-9-22(28-30)29-13-11-17(12-14-29)24(32)27-21-8-5-18(25)15-20(21)26/h3-10,15,17H,2,11-14H2,1H3,(H,27,32). The second-order valence-corrected chi connectivity index (χ2v) is 8.75. The summed E-state index contributed by atoms with van der Waals surface area (Å²) in [5, 5.41) is 7.25. The predicted molar refractivity (Wildman–Crippen MR) is 127 cm³/mol. The van der Waals surface area contributed by atoms with Gasteiger partial charge in [0.25, 0.3) is 5.56 Å². The van der Waals surface area contributed by atoms with Crippen LogP contribution in [0.25, 0.3) is 5.69 Å². The van der Waals surface area contributed by atoms with Gasteiger partial charge in [0.15, 0.2) is 0 Å². The molecule has 0 unspecified atom stereocenters. The minimum atomic E-state index is -0.469. The van der Waals surface area contributed by atoms with Crippen molar-refractivity contribution in [3.8, 4) is 5.69 Å². The number of rotatable bonds is 5. The van der Waals surface area contributed by atoms with Gasteiger partial charge >= 0.3 is 0 Å². The van der Waals surface area contributed by atoms with Gasteiger partial charge in [-0.3, -0.25) is 9.59 Å². The molecule has 1 aliphatic heterocycles. The summed E-state index contributed by atoms with van der Waals surface area (Å²) in [6, 6.07) is 15.6. The number of aryl methyl sites for hydroxylation is 1. The fourth-order valence-electron chi connectivity index (χ4n) is 3.82. The first-order valence-electron chi connectivity index (χ1n) is 10.6. The van der Waals surface area contributed by atoms with Crippen LogP contribution >= 0.6 is 15.9 Å². The minimum absolute atomic E-state index is 0.181. The van der Waals surface area contributed by atoms with Crippen molar-refractivity contribution in [2.75, 3.05) is 23.3 Å². The van der Waals surface area contributed by atoms with Gasteiger partial charge in [0.2, 0.25) is 5.91 Å². The molecule has 2 heterocycles. The summed E-state index contributed by atoms with van der Waals surface area (Å²) in [5.74, 6) is -0.160. The average molecular weight is 499 g/mol. The van der Waals surface area contributed by atoms with Crippen molar-refractivity contribution < 1.29 is 9.18 Å². The third kappa shape index (κ3) is 4.91. The minimum Gasteiger partial charge on any atom is -0.355 e. The first-order chi connectivity index (χ1) is 15.4. The maximum absolute atomic E-state index is 14.0. The zero-order valence-corrected chi connectivity index (χ0v) is 19.3. The number of hydrogen-bond acceptors (Lipinski definition) is 4. The van der Waals surface area contributed by atoms with Crippen molar-refractivity contribution in [1.82, 2.24) is 9.78 Å². The highest BCUT2D eigenvalue weighted by atomic mass is 79.9. The highest BCUT2D eigenvalue weighted by molar-refractivity contribution is 9.10. The van der Waals surface area contributed by atoms with E-state index in [-0.39, 0.29) is 23.1 Å². The third-order valence-electron chi connectivity index (χ3n) is 5.75. The summed E-state index contributed by atoms with van der Waals surface area (Å²) in [7, 11) is 0. The second kappa shape index (κ2) is 9.65. The van der Waals surface area contributed by atoms with Crippen LogP contribution in [0, 0.1) is 11.7 Å². The SMILES string of the molecule is CCc1ccc(-n2nc(N3CCC(C(=O)Nc4ccc(Br)cc4F)CC3)ccc2=O)cc1. The van der Waals surface area contributed by atoms with Crippen LogP contribution in [0.1, 0.15) is 25.3 Å². The lowest BCUT2D eigenvalue weighted by Crippen LogP contribution is -2.39. The third-order valence-corrected chi connectivity index (χ3v) is 6.25. The quantitative estimate of drug-likeness (QED) is 0.560. The molecule has 0 atom stereocenters. The van der Waals surface area contributed by atoms with Crippen molar-refractivity contribution in [2.24, 2.45) is 5.92 Å². The molecule has 1 amide bonds. The summed E-state index contributed by atoms with van der Waals surface area (Å²) in [5.41, 5.74) is 1.91. The van der Waals surface area contributed by atoms with Crippen LogP contribution in [0.5, 0.6) is 0 Å². The lowest BCUT2D eigenvalue weighted by Gasteiger charge is -2.32. The summed E-state index contributed by atoms with van der Waals surface area (Å²) in [4.78, 5) is 27.1. The van der Waals surface area contributed by atoms with E-state index in [0.717, 1.165) is 12.1 Å². The van der Waals surface area contributed by atoms with Gasteiger partial charge in [-0.2, -0.15) is 4.68 Å². The van der Waals surface area contributed by atoms with Crippen LogP contribution in [-0.2, 0) is 11.2 Å². The van der Waals surface area contributed by atoms with Gasteiger partial charge in [-0.25, -0.2) is 4.39 Å². The second-order valence-electron chi connectivity index (χ2n) is 7.84. The van der Waals surface area contributed by atoms with Crippen LogP contribution < -0.4 is 15.8 Å². The number of halogens is 2. The van der Waals surface area contributed by atoms with Crippen LogP contribution in [-0.4, -0.2) is 28.8 Å². The van der Waals surface area contributed by atoms with Crippen LogP contribution in [0.3, 0.4) is 0 Å². The van der Waals surface area contributed by atoms with E-state index in [0.29, 0.717) is 36.2 Å². The molecule has 3 aromatic rings. The van der Waals surface area contributed by atoms with Gasteiger partial charge in [0, 0.05) is 29.5 Å². The number of hydrogen-bond donors (Lipinski definition) is 1. The Hall–Kier alpha value is -3.00. The monoisotopic (exact) mass is 498 g/mol. The Labute approximate surface area is 194 Å². The van der Waals surface area contributed by atoms with E-state index in [1.54, 1.807) is 18.2 Å². The summed E-state index contributed by atoms with van der Waals surface area (Å²) < 4.78 is 16.1. The fourth-order valence-corrected chi connectivity index (χ4v) is 4.16. The predicted octanol–water partition coefficient (Wildman–Crippen LogP) is 4.55. The van der Waals surface area contributed by atoms with Crippen molar-refractivity contribution in [1.29, 1.82) is 0 Å². The number of amides is 1.